The van der Waals surface area contributed by atoms with E-state index in [0.717, 1.165) is 25.8 Å². The van der Waals surface area contributed by atoms with Gasteiger partial charge in [0.05, 0.1) is 6.04 Å². The van der Waals surface area contributed by atoms with Gasteiger partial charge < -0.3 is 5.32 Å². The number of carbonyl (C=O) groups is 1. The molecule has 0 radical (unpaired) electrons. The van der Waals surface area contributed by atoms with Crippen LogP contribution < -0.4 is 10.6 Å². The molecule has 2 atom stereocenters. The first kappa shape index (κ1) is 15.2. The van der Waals surface area contributed by atoms with Crippen molar-refractivity contribution in [3.63, 3.8) is 0 Å². The summed E-state index contributed by atoms with van der Waals surface area (Å²) in [6.07, 6.45) is 3.15. The number of rotatable bonds is 8. The molecule has 0 aromatic carbocycles. The van der Waals surface area contributed by atoms with Crippen molar-refractivity contribution in [1.29, 1.82) is 0 Å². The van der Waals surface area contributed by atoms with Crippen molar-refractivity contribution in [3.8, 4) is 0 Å². The van der Waals surface area contributed by atoms with Gasteiger partial charge in [-0.2, -0.15) is 0 Å². The Balaban J connectivity index is 2.53. The first-order valence-electron chi connectivity index (χ1n) is 6.76. The van der Waals surface area contributed by atoms with E-state index < -0.39 is 0 Å². The molecule has 0 aliphatic carbocycles. The summed E-state index contributed by atoms with van der Waals surface area (Å²) < 4.78 is 0. The summed E-state index contributed by atoms with van der Waals surface area (Å²) in [4.78, 5) is 13.2. The van der Waals surface area contributed by atoms with Crippen LogP contribution in [0.2, 0.25) is 0 Å². The van der Waals surface area contributed by atoms with E-state index in [-0.39, 0.29) is 18.0 Å². The lowest BCUT2D eigenvalue weighted by atomic mass is 10.1. The van der Waals surface area contributed by atoms with Gasteiger partial charge in [-0.05, 0) is 31.2 Å². The van der Waals surface area contributed by atoms with Crippen molar-refractivity contribution in [2.45, 2.75) is 52.1 Å². The minimum atomic E-state index is -0.143. The number of thiophene rings is 1. The lowest BCUT2D eigenvalue weighted by molar-refractivity contribution is -0.122. The second kappa shape index (κ2) is 8.27. The Morgan fingerprint density at radius 3 is 2.72 bits per heavy atom. The molecule has 3 nitrogen and oxygen atoms in total. The molecule has 1 heterocycles. The molecule has 0 spiro atoms. The van der Waals surface area contributed by atoms with Gasteiger partial charge in [-0.25, -0.2) is 0 Å². The molecule has 0 saturated carbocycles. The van der Waals surface area contributed by atoms with Crippen LogP contribution in [0.3, 0.4) is 0 Å². The summed E-state index contributed by atoms with van der Waals surface area (Å²) in [7, 11) is 0. The molecule has 1 aromatic heterocycles. The van der Waals surface area contributed by atoms with Crippen LogP contribution in [0.25, 0.3) is 0 Å². The monoisotopic (exact) mass is 268 g/mol. The third kappa shape index (κ3) is 4.78. The maximum absolute atomic E-state index is 11.8. The quantitative estimate of drug-likeness (QED) is 0.760. The van der Waals surface area contributed by atoms with Crippen molar-refractivity contribution in [2.24, 2.45) is 0 Å². The van der Waals surface area contributed by atoms with Gasteiger partial charge in [-0.3, -0.25) is 10.1 Å². The molecule has 1 aromatic rings. The SMILES string of the molecule is CCCNC(=O)C(C)NC(CCC)c1cccs1. The topological polar surface area (TPSA) is 41.1 Å². The molecule has 0 aliphatic rings. The summed E-state index contributed by atoms with van der Waals surface area (Å²) in [6.45, 7) is 6.91. The van der Waals surface area contributed by atoms with Crippen molar-refractivity contribution in [2.75, 3.05) is 6.54 Å². The average Bonchev–Trinajstić information content (AvgIpc) is 2.89. The third-order valence-electron chi connectivity index (χ3n) is 2.86. The lowest BCUT2D eigenvalue weighted by Gasteiger charge is -2.21. The third-order valence-corrected chi connectivity index (χ3v) is 3.84. The normalized spacial score (nSPS) is 14.2. The van der Waals surface area contributed by atoms with Crippen LogP contribution in [-0.4, -0.2) is 18.5 Å². The molecule has 2 unspecified atom stereocenters. The van der Waals surface area contributed by atoms with Crippen LogP contribution in [0.5, 0.6) is 0 Å². The largest absolute Gasteiger partial charge is 0.355 e. The fourth-order valence-electron chi connectivity index (χ4n) is 1.86. The van der Waals surface area contributed by atoms with E-state index in [2.05, 4.69) is 42.0 Å². The van der Waals surface area contributed by atoms with Crippen molar-refractivity contribution >= 4 is 17.2 Å². The minimum absolute atomic E-state index is 0.0921. The standard InChI is InChI=1S/C14H24N2OS/c1-4-7-12(13-8-6-10-18-13)16-11(3)14(17)15-9-5-2/h6,8,10-12,16H,4-5,7,9H2,1-3H3,(H,15,17). The smallest absolute Gasteiger partial charge is 0.236 e. The lowest BCUT2D eigenvalue weighted by Crippen LogP contribution is -2.43. The van der Waals surface area contributed by atoms with Crippen LogP contribution >= 0.6 is 11.3 Å². The molecule has 0 bridgehead atoms. The number of nitrogens with one attached hydrogen (secondary N) is 2. The predicted octanol–water partition coefficient (Wildman–Crippen LogP) is 3.09. The fourth-order valence-corrected chi connectivity index (χ4v) is 2.69. The summed E-state index contributed by atoms with van der Waals surface area (Å²) in [5.74, 6) is 0.0921. The van der Waals surface area contributed by atoms with Crippen LogP contribution in [0, 0.1) is 0 Å². The average molecular weight is 268 g/mol. The van der Waals surface area contributed by atoms with Crippen LogP contribution in [0.4, 0.5) is 0 Å². The van der Waals surface area contributed by atoms with E-state index in [1.165, 1.54) is 4.88 Å². The van der Waals surface area contributed by atoms with E-state index in [4.69, 9.17) is 0 Å². The molecular weight excluding hydrogens is 244 g/mol. The maximum atomic E-state index is 11.8. The highest BCUT2D eigenvalue weighted by atomic mass is 32.1. The van der Waals surface area contributed by atoms with Crippen molar-refractivity contribution in [3.05, 3.63) is 22.4 Å². The summed E-state index contributed by atoms with van der Waals surface area (Å²) >= 11 is 1.75. The van der Waals surface area contributed by atoms with E-state index in [1.807, 2.05) is 6.92 Å². The summed E-state index contributed by atoms with van der Waals surface area (Å²) in [5, 5.41) is 8.44. The Morgan fingerprint density at radius 2 is 2.17 bits per heavy atom. The van der Waals surface area contributed by atoms with Crippen molar-refractivity contribution in [1.82, 2.24) is 10.6 Å². The fraction of sp³-hybridized carbons (Fsp3) is 0.643. The van der Waals surface area contributed by atoms with Crippen molar-refractivity contribution < 1.29 is 4.79 Å². The minimum Gasteiger partial charge on any atom is -0.355 e. The second-order valence-corrected chi connectivity index (χ2v) is 5.52. The maximum Gasteiger partial charge on any atom is 0.236 e. The molecule has 102 valence electrons. The summed E-state index contributed by atoms with van der Waals surface area (Å²) in [6, 6.07) is 4.34. The van der Waals surface area contributed by atoms with Gasteiger partial charge in [0.1, 0.15) is 0 Å². The molecule has 2 N–H and O–H groups in total. The van der Waals surface area contributed by atoms with Gasteiger partial charge in [-0.1, -0.05) is 26.3 Å². The highest BCUT2D eigenvalue weighted by Crippen LogP contribution is 2.23. The Bertz CT molecular complexity index is 338. The van der Waals surface area contributed by atoms with Crippen LogP contribution in [-0.2, 0) is 4.79 Å². The Labute approximate surface area is 114 Å². The van der Waals surface area contributed by atoms with Gasteiger partial charge in [0.25, 0.3) is 0 Å². The highest BCUT2D eigenvalue weighted by molar-refractivity contribution is 7.10. The molecular formula is C14H24N2OS. The highest BCUT2D eigenvalue weighted by Gasteiger charge is 2.18. The van der Waals surface area contributed by atoms with Crippen LogP contribution in [0.1, 0.15) is 51.0 Å². The second-order valence-electron chi connectivity index (χ2n) is 4.54. The van der Waals surface area contributed by atoms with E-state index in [9.17, 15) is 4.79 Å². The first-order chi connectivity index (χ1) is 8.69. The number of hydrogen-bond donors (Lipinski definition) is 2. The van der Waals surface area contributed by atoms with Gasteiger partial charge >= 0.3 is 0 Å². The zero-order chi connectivity index (χ0) is 13.4. The van der Waals surface area contributed by atoms with E-state index in [1.54, 1.807) is 11.3 Å². The zero-order valence-corrected chi connectivity index (χ0v) is 12.3. The number of hydrogen-bond acceptors (Lipinski definition) is 3. The van der Waals surface area contributed by atoms with E-state index in [0.29, 0.717) is 0 Å². The molecule has 1 amide bonds. The predicted molar refractivity (Wildman–Crippen MR) is 77.9 cm³/mol. The van der Waals surface area contributed by atoms with Gasteiger partial charge in [0.15, 0.2) is 0 Å². The molecule has 1 rings (SSSR count). The molecule has 0 aliphatic heterocycles. The molecule has 4 heteroatoms. The molecule has 0 saturated heterocycles. The number of carbonyl (C=O) groups excluding carboxylic acids is 1. The number of amides is 1. The summed E-state index contributed by atoms with van der Waals surface area (Å²) in [5.41, 5.74) is 0. The Morgan fingerprint density at radius 1 is 1.39 bits per heavy atom. The van der Waals surface area contributed by atoms with Gasteiger partial charge in [0, 0.05) is 17.5 Å². The van der Waals surface area contributed by atoms with Gasteiger partial charge in [-0.15, -0.1) is 11.3 Å². The van der Waals surface area contributed by atoms with Crippen LogP contribution in [0.15, 0.2) is 17.5 Å². The molecule has 18 heavy (non-hydrogen) atoms. The molecule has 0 fully saturated rings. The zero-order valence-electron chi connectivity index (χ0n) is 11.5. The Kier molecular flexibility index (Phi) is 6.98. The van der Waals surface area contributed by atoms with Gasteiger partial charge in [0.2, 0.25) is 5.91 Å². The first-order valence-corrected chi connectivity index (χ1v) is 7.64. The van der Waals surface area contributed by atoms with E-state index >= 15 is 0 Å². The Hall–Kier alpha value is -0.870.